The molecule has 1 aromatic heterocycles. The van der Waals surface area contributed by atoms with Crippen molar-refractivity contribution in [3.8, 4) is 22.8 Å². The van der Waals surface area contributed by atoms with Crippen molar-refractivity contribution in [1.82, 2.24) is 15.1 Å². The molecule has 8 heteroatoms. The maximum atomic E-state index is 12.7. The first-order valence-electron chi connectivity index (χ1n) is 9.95. The largest absolute Gasteiger partial charge is 0.493 e. The number of amides is 1. The number of ether oxygens (including phenoxy) is 2. The van der Waals surface area contributed by atoms with Crippen LogP contribution in [0.4, 0.5) is 5.82 Å². The summed E-state index contributed by atoms with van der Waals surface area (Å²) in [6.07, 6.45) is 0. The van der Waals surface area contributed by atoms with Gasteiger partial charge in [-0.1, -0.05) is 15.9 Å². The van der Waals surface area contributed by atoms with Crippen molar-refractivity contribution < 1.29 is 14.3 Å². The van der Waals surface area contributed by atoms with Crippen molar-refractivity contribution in [3.63, 3.8) is 0 Å². The summed E-state index contributed by atoms with van der Waals surface area (Å²) in [4.78, 5) is 16.7. The number of halogens is 1. The molecule has 1 aliphatic heterocycles. The first-order chi connectivity index (χ1) is 15.1. The molecule has 0 N–H and O–H groups in total. The Balaban J connectivity index is 1.40. The summed E-state index contributed by atoms with van der Waals surface area (Å²) in [5.41, 5.74) is 2.37. The van der Waals surface area contributed by atoms with Gasteiger partial charge in [-0.25, -0.2) is 0 Å². The molecule has 0 atom stereocenters. The number of aromatic nitrogens is 2. The van der Waals surface area contributed by atoms with Crippen LogP contribution in [0.25, 0.3) is 11.3 Å². The number of carbonyl (C=O) groups is 1. The molecule has 7 nitrogen and oxygen atoms in total. The van der Waals surface area contributed by atoms with Crippen LogP contribution in [0.1, 0.15) is 10.4 Å². The second-order valence-corrected chi connectivity index (χ2v) is 8.05. The van der Waals surface area contributed by atoms with Gasteiger partial charge in [-0.15, -0.1) is 10.2 Å². The number of hydrogen-bond donors (Lipinski definition) is 0. The highest BCUT2D eigenvalue weighted by atomic mass is 79.9. The highest BCUT2D eigenvalue weighted by molar-refractivity contribution is 9.10. The molecule has 0 spiro atoms. The normalized spacial score (nSPS) is 13.8. The fraction of sp³-hybridized carbons (Fsp3) is 0.261. The summed E-state index contributed by atoms with van der Waals surface area (Å²) in [7, 11) is 3.22. The van der Waals surface area contributed by atoms with E-state index in [1.807, 2.05) is 59.5 Å². The van der Waals surface area contributed by atoms with Gasteiger partial charge < -0.3 is 19.3 Å². The highest BCUT2D eigenvalue weighted by Gasteiger charge is 2.23. The van der Waals surface area contributed by atoms with Crippen molar-refractivity contribution in [3.05, 3.63) is 64.6 Å². The molecule has 3 aromatic rings. The topological polar surface area (TPSA) is 67.8 Å². The number of nitrogens with zero attached hydrogens (tertiary/aromatic N) is 4. The summed E-state index contributed by atoms with van der Waals surface area (Å²) in [6.45, 7) is 2.72. The van der Waals surface area contributed by atoms with E-state index in [0.29, 0.717) is 43.2 Å². The van der Waals surface area contributed by atoms with Crippen molar-refractivity contribution in [2.75, 3.05) is 45.3 Å². The fourth-order valence-corrected chi connectivity index (χ4v) is 3.82. The molecule has 31 heavy (non-hydrogen) atoms. The van der Waals surface area contributed by atoms with Crippen LogP contribution in [-0.2, 0) is 0 Å². The van der Waals surface area contributed by atoms with E-state index in [9.17, 15) is 4.79 Å². The van der Waals surface area contributed by atoms with E-state index in [2.05, 4.69) is 31.0 Å². The molecule has 0 aliphatic carbocycles. The molecule has 1 aliphatic rings. The van der Waals surface area contributed by atoms with Gasteiger partial charge in [0.25, 0.3) is 5.91 Å². The Morgan fingerprint density at radius 1 is 0.871 bits per heavy atom. The minimum absolute atomic E-state index is 0.0574. The lowest BCUT2D eigenvalue weighted by atomic mass is 10.1. The maximum Gasteiger partial charge on any atom is 0.253 e. The van der Waals surface area contributed by atoms with Crippen molar-refractivity contribution >= 4 is 27.7 Å². The Morgan fingerprint density at radius 3 is 2.19 bits per heavy atom. The van der Waals surface area contributed by atoms with E-state index in [1.54, 1.807) is 14.2 Å². The van der Waals surface area contributed by atoms with E-state index in [0.717, 1.165) is 21.5 Å². The quantitative estimate of drug-likeness (QED) is 0.549. The maximum absolute atomic E-state index is 12.7. The number of anilines is 1. The molecule has 4 rings (SSSR count). The van der Waals surface area contributed by atoms with Crippen molar-refractivity contribution in [2.45, 2.75) is 0 Å². The van der Waals surface area contributed by atoms with E-state index in [-0.39, 0.29) is 5.91 Å². The Labute approximate surface area is 189 Å². The number of hydrogen-bond acceptors (Lipinski definition) is 6. The summed E-state index contributed by atoms with van der Waals surface area (Å²) in [5, 5.41) is 8.80. The second-order valence-electron chi connectivity index (χ2n) is 7.13. The molecular weight excluding hydrogens is 460 g/mol. The Morgan fingerprint density at radius 2 is 1.58 bits per heavy atom. The molecule has 2 heterocycles. The van der Waals surface area contributed by atoms with Gasteiger partial charge in [-0.05, 0) is 54.6 Å². The molecule has 0 unspecified atom stereocenters. The lowest BCUT2D eigenvalue weighted by Gasteiger charge is -2.35. The number of benzene rings is 2. The average molecular weight is 483 g/mol. The molecule has 1 fully saturated rings. The SMILES string of the molecule is COc1ccc(-c2ccc(N3CCN(C(=O)c4ccc(Br)cc4)CC3)nn2)cc1OC. The molecule has 1 amide bonds. The van der Waals surface area contributed by atoms with Gasteiger partial charge in [0, 0.05) is 41.8 Å². The van der Waals surface area contributed by atoms with Gasteiger partial charge >= 0.3 is 0 Å². The van der Waals surface area contributed by atoms with E-state index in [4.69, 9.17) is 9.47 Å². The first kappa shape index (κ1) is 21.1. The fourth-order valence-electron chi connectivity index (χ4n) is 3.56. The molecular formula is C23H23BrN4O3. The smallest absolute Gasteiger partial charge is 0.253 e. The van der Waals surface area contributed by atoms with Gasteiger partial charge in [-0.3, -0.25) is 4.79 Å². The van der Waals surface area contributed by atoms with E-state index in [1.165, 1.54) is 0 Å². The third kappa shape index (κ3) is 4.64. The monoisotopic (exact) mass is 482 g/mol. The minimum Gasteiger partial charge on any atom is -0.493 e. The van der Waals surface area contributed by atoms with Gasteiger partial charge in [0.15, 0.2) is 17.3 Å². The third-order valence-electron chi connectivity index (χ3n) is 5.31. The van der Waals surface area contributed by atoms with Crippen LogP contribution in [0.15, 0.2) is 59.1 Å². The molecule has 0 saturated carbocycles. The summed E-state index contributed by atoms with van der Waals surface area (Å²) in [5.74, 6) is 2.19. The number of carbonyl (C=O) groups excluding carboxylic acids is 1. The minimum atomic E-state index is 0.0574. The number of piperazine rings is 1. The summed E-state index contributed by atoms with van der Waals surface area (Å²) < 4.78 is 11.6. The van der Waals surface area contributed by atoms with Crippen LogP contribution < -0.4 is 14.4 Å². The molecule has 0 radical (unpaired) electrons. The van der Waals surface area contributed by atoms with Crippen molar-refractivity contribution in [2.24, 2.45) is 0 Å². The van der Waals surface area contributed by atoms with Gasteiger partial charge in [0.05, 0.1) is 19.9 Å². The van der Waals surface area contributed by atoms with Crippen LogP contribution in [0.5, 0.6) is 11.5 Å². The van der Waals surface area contributed by atoms with Crippen molar-refractivity contribution in [1.29, 1.82) is 0 Å². The number of rotatable bonds is 5. The van der Waals surface area contributed by atoms with E-state index < -0.39 is 0 Å². The molecule has 0 bridgehead atoms. The summed E-state index contributed by atoms with van der Waals surface area (Å²) in [6, 6.07) is 17.0. The third-order valence-corrected chi connectivity index (χ3v) is 5.84. The lowest BCUT2D eigenvalue weighted by Crippen LogP contribution is -2.49. The number of methoxy groups -OCH3 is 2. The standard InChI is InChI=1S/C23H23BrN4O3/c1-30-20-9-5-17(15-21(20)31-2)19-8-10-22(26-25-19)27-11-13-28(14-12-27)23(29)16-3-6-18(24)7-4-16/h3-10,15H,11-14H2,1-2H3. The van der Waals surface area contributed by atoms with Gasteiger partial charge in [-0.2, -0.15) is 0 Å². The van der Waals surface area contributed by atoms with Crippen LogP contribution in [0.3, 0.4) is 0 Å². The average Bonchev–Trinajstić information content (AvgIpc) is 2.84. The zero-order valence-corrected chi connectivity index (χ0v) is 19.0. The predicted octanol–water partition coefficient (Wildman–Crippen LogP) is 3.89. The lowest BCUT2D eigenvalue weighted by molar-refractivity contribution is 0.0746. The van der Waals surface area contributed by atoms with Crippen LogP contribution in [0, 0.1) is 0 Å². The zero-order valence-electron chi connectivity index (χ0n) is 17.4. The second kappa shape index (κ2) is 9.34. The van der Waals surface area contributed by atoms with Crippen LogP contribution in [-0.4, -0.2) is 61.4 Å². The zero-order chi connectivity index (χ0) is 21.8. The first-order valence-corrected chi connectivity index (χ1v) is 10.7. The summed E-state index contributed by atoms with van der Waals surface area (Å²) >= 11 is 3.40. The van der Waals surface area contributed by atoms with Crippen LogP contribution in [0.2, 0.25) is 0 Å². The Hall–Kier alpha value is -3.13. The molecule has 2 aromatic carbocycles. The Bertz CT molecular complexity index is 1050. The molecule has 1 saturated heterocycles. The van der Waals surface area contributed by atoms with E-state index >= 15 is 0 Å². The van der Waals surface area contributed by atoms with Crippen LogP contribution >= 0.6 is 15.9 Å². The predicted molar refractivity (Wildman–Crippen MR) is 123 cm³/mol. The molecule has 160 valence electrons. The van der Waals surface area contributed by atoms with Gasteiger partial charge in [0.1, 0.15) is 0 Å². The Kier molecular flexibility index (Phi) is 6.36. The highest BCUT2D eigenvalue weighted by Crippen LogP contribution is 2.31. The van der Waals surface area contributed by atoms with Gasteiger partial charge in [0.2, 0.25) is 0 Å².